The van der Waals surface area contributed by atoms with Crippen LogP contribution in [0, 0.1) is 5.92 Å². The minimum atomic E-state index is -5.15. The average molecular weight is 614 g/mol. The van der Waals surface area contributed by atoms with Gasteiger partial charge in [-0.1, -0.05) is 62.0 Å². The van der Waals surface area contributed by atoms with Gasteiger partial charge in [0.15, 0.2) is 5.12 Å². The molecule has 0 aliphatic rings. The summed E-state index contributed by atoms with van der Waals surface area (Å²) in [6.45, 7) is 4.42. The van der Waals surface area contributed by atoms with Crippen LogP contribution in [0.3, 0.4) is 0 Å². The summed E-state index contributed by atoms with van der Waals surface area (Å²) in [6.07, 6.45) is 0.292. The van der Waals surface area contributed by atoms with Crippen LogP contribution >= 0.6 is 30.6 Å². The fraction of sp³-hybridized carbons (Fsp3) is 0.370. The zero-order valence-electron chi connectivity index (χ0n) is 22.1. The smallest absolute Gasteiger partial charge is 0.360 e. The Labute approximate surface area is 238 Å². The number of carbonyl (C=O) groups excluding carboxylic acids is 2. The molecule has 216 valence electrons. The van der Waals surface area contributed by atoms with Gasteiger partial charge in [-0.15, -0.1) is 11.3 Å². The lowest BCUT2D eigenvalue weighted by Gasteiger charge is -2.29. The van der Waals surface area contributed by atoms with Crippen molar-refractivity contribution in [3.8, 4) is 0 Å². The molecule has 2 atom stereocenters. The summed E-state index contributed by atoms with van der Waals surface area (Å²) < 4.78 is 56.6. The third kappa shape index (κ3) is 8.20. The molecular weight excluding hydrogens is 583 g/mol. The third-order valence-corrected chi connectivity index (χ3v) is 9.81. The van der Waals surface area contributed by atoms with Gasteiger partial charge in [-0.2, -0.15) is 8.78 Å². The number of fused-ring (bicyclic) bond motifs is 1. The normalized spacial score (nSPS) is 14.2. The first-order valence-electron chi connectivity index (χ1n) is 12.4. The number of rotatable bonds is 14. The molecule has 0 saturated carbocycles. The number of nitrogens with one attached hydrogen (secondary N) is 1. The van der Waals surface area contributed by atoms with E-state index in [0.717, 1.165) is 35.2 Å². The van der Waals surface area contributed by atoms with Crippen molar-refractivity contribution in [3.63, 3.8) is 0 Å². The molecule has 0 aliphatic heterocycles. The van der Waals surface area contributed by atoms with Gasteiger partial charge >= 0.3 is 25.1 Å². The van der Waals surface area contributed by atoms with Gasteiger partial charge in [0.1, 0.15) is 17.5 Å². The van der Waals surface area contributed by atoms with E-state index < -0.39 is 43.3 Å². The zero-order chi connectivity index (χ0) is 29.5. The van der Waals surface area contributed by atoms with Crippen LogP contribution in [0.2, 0.25) is 0 Å². The highest BCUT2D eigenvalue weighted by Crippen LogP contribution is 2.63. The largest absolute Gasteiger partial charge is 0.477 e. The average Bonchev–Trinajstić information content (AvgIpc) is 3.34. The molecule has 1 unspecified atom stereocenters. The van der Waals surface area contributed by atoms with E-state index in [1.165, 1.54) is 19.1 Å². The van der Waals surface area contributed by atoms with Crippen LogP contribution < -0.4 is 5.09 Å². The zero-order valence-corrected chi connectivity index (χ0v) is 24.6. The Bertz CT molecular complexity index is 1400. The van der Waals surface area contributed by atoms with E-state index in [1.807, 2.05) is 13.8 Å². The minimum absolute atomic E-state index is 0.0221. The maximum Gasteiger partial charge on any atom is 0.360 e. The number of ether oxygens (including phenoxy) is 1. The molecule has 0 fully saturated rings. The van der Waals surface area contributed by atoms with Crippen LogP contribution in [-0.4, -0.2) is 40.6 Å². The summed E-state index contributed by atoms with van der Waals surface area (Å²) in [5.41, 5.74) is -4.12. The fourth-order valence-electron chi connectivity index (χ4n) is 3.58. The molecule has 13 heteroatoms. The van der Waals surface area contributed by atoms with E-state index in [-0.39, 0.29) is 33.7 Å². The number of carboxylic acids is 1. The maximum atomic E-state index is 15.9. The molecule has 1 heterocycles. The van der Waals surface area contributed by atoms with Crippen LogP contribution in [-0.2, 0) is 35.7 Å². The molecule has 2 N–H and O–H groups in total. The van der Waals surface area contributed by atoms with Gasteiger partial charge in [0.2, 0.25) is 0 Å². The molecule has 3 rings (SSSR count). The van der Waals surface area contributed by atoms with Crippen molar-refractivity contribution in [3.05, 3.63) is 70.6 Å². The maximum absolute atomic E-state index is 15.9. The van der Waals surface area contributed by atoms with Crippen molar-refractivity contribution in [1.29, 1.82) is 0 Å². The van der Waals surface area contributed by atoms with Crippen molar-refractivity contribution in [2.45, 2.75) is 45.5 Å². The molecule has 0 spiro atoms. The lowest BCUT2D eigenvalue weighted by Crippen LogP contribution is -2.38. The molecule has 1 aromatic heterocycles. The Hall–Kier alpha value is -2.63. The minimum Gasteiger partial charge on any atom is -0.477 e. The molecule has 2 aromatic carbocycles. The number of benzene rings is 2. The van der Waals surface area contributed by atoms with Crippen LogP contribution in [0.15, 0.2) is 54.6 Å². The van der Waals surface area contributed by atoms with Crippen LogP contribution in [0.25, 0.3) is 10.1 Å². The number of carboxylic acid groups (broad SMARTS) is 1. The summed E-state index contributed by atoms with van der Waals surface area (Å²) in [5, 5.41) is 11.5. The molecule has 3 aromatic rings. The summed E-state index contributed by atoms with van der Waals surface area (Å²) in [5.74, 6) is -2.01. The van der Waals surface area contributed by atoms with Crippen LogP contribution in [0.5, 0.6) is 0 Å². The van der Waals surface area contributed by atoms with Gasteiger partial charge in [-0.25, -0.2) is 9.88 Å². The Kier molecular flexibility index (Phi) is 11.0. The standard InChI is InChI=1S/C27H30F2NO7PS2/c1-17(2)13-24(31)39-12-11-37-38(35,30-18(3)26(34)36-16-19-7-5-4-6-8-19)27(28,29)21-9-10-22-20(14-21)15-23(40-22)25(32)33/h4-10,14-15,17-18H,11-13,16H2,1-3H3,(H,30,35)(H,32,33)/t18-,38?/m0/s1. The fourth-order valence-corrected chi connectivity index (χ4v) is 7.27. The summed E-state index contributed by atoms with van der Waals surface area (Å²) >= 11 is 1.80. The molecule has 0 saturated heterocycles. The van der Waals surface area contributed by atoms with Crippen LogP contribution in [0.4, 0.5) is 8.78 Å². The van der Waals surface area contributed by atoms with Gasteiger partial charge in [0.25, 0.3) is 0 Å². The predicted molar refractivity (Wildman–Crippen MR) is 152 cm³/mol. The van der Waals surface area contributed by atoms with E-state index in [4.69, 9.17) is 9.26 Å². The van der Waals surface area contributed by atoms with Gasteiger partial charge < -0.3 is 14.4 Å². The SMILES string of the molecule is CC(C)CC(=O)SCCOP(=O)(N[C@@H](C)C(=O)OCc1ccccc1)C(F)(F)c1ccc2sc(C(=O)O)cc2c1. The topological polar surface area (TPSA) is 119 Å². The Morgan fingerprint density at radius 1 is 1.10 bits per heavy atom. The quantitative estimate of drug-likeness (QED) is 0.114. The number of hydrogen-bond donors (Lipinski definition) is 2. The second-order valence-electron chi connectivity index (χ2n) is 9.36. The van der Waals surface area contributed by atoms with Gasteiger partial charge in [0.05, 0.1) is 6.61 Å². The molecular formula is C27H30F2NO7PS2. The number of hydrogen-bond acceptors (Lipinski definition) is 8. The van der Waals surface area contributed by atoms with Crippen molar-refractivity contribution in [1.82, 2.24) is 5.09 Å². The van der Waals surface area contributed by atoms with E-state index in [0.29, 0.717) is 16.7 Å². The van der Waals surface area contributed by atoms with Crippen LogP contribution in [0.1, 0.15) is 48.0 Å². The molecule has 0 radical (unpaired) electrons. The molecule has 0 aliphatic carbocycles. The van der Waals surface area contributed by atoms with E-state index in [1.54, 1.807) is 30.3 Å². The number of halogens is 2. The first-order valence-corrected chi connectivity index (χ1v) is 15.8. The van der Waals surface area contributed by atoms with E-state index in [2.05, 4.69) is 5.09 Å². The Morgan fingerprint density at radius 3 is 2.45 bits per heavy atom. The molecule has 40 heavy (non-hydrogen) atoms. The number of aromatic carboxylic acids is 1. The van der Waals surface area contributed by atoms with Gasteiger partial charge in [-0.05, 0) is 42.0 Å². The number of thiophene rings is 1. The number of thioether (sulfide) groups is 1. The highest BCUT2D eigenvalue weighted by molar-refractivity contribution is 8.13. The number of alkyl halides is 2. The molecule has 8 nitrogen and oxygen atoms in total. The lowest BCUT2D eigenvalue weighted by molar-refractivity contribution is -0.146. The lowest BCUT2D eigenvalue weighted by atomic mass is 10.1. The second kappa shape index (κ2) is 13.8. The molecule has 0 amide bonds. The highest BCUT2D eigenvalue weighted by atomic mass is 32.2. The Morgan fingerprint density at radius 2 is 1.80 bits per heavy atom. The van der Waals surface area contributed by atoms with Crippen molar-refractivity contribution >= 4 is 57.8 Å². The van der Waals surface area contributed by atoms with Crippen molar-refractivity contribution < 1.29 is 42.1 Å². The van der Waals surface area contributed by atoms with Gasteiger partial charge in [0, 0.05) is 22.4 Å². The first-order chi connectivity index (χ1) is 18.8. The second-order valence-corrected chi connectivity index (χ2v) is 13.8. The van der Waals surface area contributed by atoms with Crippen molar-refractivity contribution in [2.75, 3.05) is 12.4 Å². The number of carbonyl (C=O) groups is 3. The summed E-state index contributed by atoms with van der Waals surface area (Å²) in [7, 11) is -5.15. The molecule has 0 bridgehead atoms. The summed E-state index contributed by atoms with van der Waals surface area (Å²) in [6, 6.07) is 12.0. The van der Waals surface area contributed by atoms with E-state index in [9.17, 15) is 24.1 Å². The highest BCUT2D eigenvalue weighted by Gasteiger charge is 2.54. The van der Waals surface area contributed by atoms with Gasteiger partial charge in [-0.3, -0.25) is 14.2 Å². The number of esters is 1. The predicted octanol–water partition coefficient (Wildman–Crippen LogP) is 6.89. The first kappa shape index (κ1) is 31.9. The third-order valence-electron chi connectivity index (χ3n) is 5.58. The van der Waals surface area contributed by atoms with Crippen molar-refractivity contribution in [2.24, 2.45) is 5.92 Å². The monoisotopic (exact) mass is 613 g/mol. The summed E-state index contributed by atoms with van der Waals surface area (Å²) in [4.78, 5) is 35.9. The van der Waals surface area contributed by atoms with E-state index >= 15 is 8.78 Å². The Balaban J connectivity index is 1.82.